The highest BCUT2D eigenvalue weighted by atomic mass is 16.5. The van der Waals surface area contributed by atoms with E-state index in [1.54, 1.807) is 0 Å². The van der Waals surface area contributed by atoms with E-state index in [4.69, 9.17) is 16.4 Å². The Bertz CT molecular complexity index is 434. The smallest absolute Gasteiger partial charge is 0.334 e. The lowest BCUT2D eigenvalue weighted by Crippen LogP contribution is -2.10. The largest absolute Gasteiger partial charge is 0.502 e. The first-order chi connectivity index (χ1) is 7.58. The van der Waals surface area contributed by atoms with Crippen molar-refractivity contribution in [1.29, 1.82) is 0 Å². The molecule has 0 bridgehead atoms. The first-order valence-electron chi connectivity index (χ1n) is 5.00. The molecule has 0 fully saturated rings. The first kappa shape index (κ1) is 12.1. The van der Waals surface area contributed by atoms with Crippen LogP contribution in [-0.2, 0) is 0 Å². The summed E-state index contributed by atoms with van der Waals surface area (Å²) >= 11 is 0. The molecule has 16 heavy (non-hydrogen) atoms. The maximum Gasteiger partial charge on any atom is 0.334 e. The molecule has 0 saturated carbocycles. The van der Waals surface area contributed by atoms with Crippen molar-refractivity contribution >= 4 is 11.7 Å². The Morgan fingerprint density at radius 3 is 2.81 bits per heavy atom. The molecule has 4 nitrogen and oxygen atoms in total. The number of nitrogens with zero attached hydrogens (tertiary/aromatic N) is 1. The number of benzene rings is 1. The number of hydrogen-bond donors (Lipinski definition) is 1. The zero-order chi connectivity index (χ0) is 12.1. The Morgan fingerprint density at radius 1 is 1.62 bits per heavy atom. The normalized spacial score (nSPS) is 11.6. The molecule has 1 aromatic rings. The Morgan fingerprint density at radius 2 is 2.31 bits per heavy atom. The number of carboxylic acids is 1. The Hall–Kier alpha value is -2.02. The van der Waals surface area contributed by atoms with Gasteiger partial charge in [0.1, 0.15) is 5.75 Å². The van der Waals surface area contributed by atoms with Crippen LogP contribution in [0.25, 0.3) is 4.85 Å². The van der Waals surface area contributed by atoms with Gasteiger partial charge >= 0.3 is 5.97 Å². The van der Waals surface area contributed by atoms with Gasteiger partial charge in [0.25, 0.3) is 0 Å². The predicted octanol–water partition coefficient (Wildman–Crippen LogP) is 3.11. The van der Waals surface area contributed by atoms with E-state index in [0.717, 1.165) is 6.42 Å². The average Bonchev–Trinajstić information content (AvgIpc) is 2.29. The van der Waals surface area contributed by atoms with Crippen molar-refractivity contribution in [3.05, 3.63) is 35.2 Å². The lowest BCUT2D eigenvalue weighted by atomic mass is 10.2. The molecule has 0 aromatic heterocycles. The fraction of sp³-hybridized carbons (Fsp3) is 0.333. The molecule has 1 aromatic carbocycles. The second kappa shape index (κ2) is 5.17. The van der Waals surface area contributed by atoms with Gasteiger partial charge in [0.15, 0.2) is 0 Å². The highest BCUT2D eigenvalue weighted by molar-refractivity contribution is 5.89. The molecular weight excluding hydrogens is 206 g/mol. The van der Waals surface area contributed by atoms with Crippen LogP contribution < -0.4 is 4.74 Å². The Kier molecular flexibility index (Phi) is 3.90. The van der Waals surface area contributed by atoms with Crippen LogP contribution >= 0.6 is 0 Å². The minimum absolute atomic E-state index is 0.0104. The molecule has 1 atom stereocenters. The summed E-state index contributed by atoms with van der Waals surface area (Å²) in [6.45, 7) is 10.9. The van der Waals surface area contributed by atoms with Crippen molar-refractivity contribution < 1.29 is 14.6 Å². The van der Waals surface area contributed by atoms with Gasteiger partial charge in [-0.1, -0.05) is 6.92 Å². The van der Waals surface area contributed by atoms with Crippen molar-refractivity contribution in [2.45, 2.75) is 26.4 Å². The number of rotatable bonds is 4. The van der Waals surface area contributed by atoms with Gasteiger partial charge in [-0.3, -0.25) is 0 Å². The SMILES string of the molecule is [C-]#[N+]c1cc(C(=O)O)ccc1O[C@H](C)CC. The third-order valence-electron chi connectivity index (χ3n) is 2.23. The van der Waals surface area contributed by atoms with Crippen molar-refractivity contribution in [2.24, 2.45) is 0 Å². The number of carboxylic acid groups (broad SMARTS) is 1. The molecule has 0 aliphatic carbocycles. The van der Waals surface area contributed by atoms with Gasteiger partial charge < -0.3 is 9.84 Å². The maximum absolute atomic E-state index is 10.7. The standard InChI is InChI=1S/C12H13NO3/c1-4-8(2)16-11-6-5-9(12(14)15)7-10(11)13-3/h5-8H,4H2,1-2H3,(H,14,15)/t8-/m1/s1. The van der Waals surface area contributed by atoms with E-state index >= 15 is 0 Å². The molecule has 0 unspecified atom stereocenters. The third-order valence-corrected chi connectivity index (χ3v) is 2.23. The molecule has 0 aliphatic heterocycles. The van der Waals surface area contributed by atoms with Crippen LogP contribution in [0.4, 0.5) is 5.69 Å². The van der Waals surface area contributed by atoms with Gasteiger partial charge in [-0.05, 0) is 31.5 Å². The van der Waals surface area contributed by atoms with Gasteiger partial charge in [0.2, 0.25) is 5.69 Å². The van der Waals surface area contributed by atoms with Gasteiger partial charge in [-0.2, -0.15) is 0 Å². The summed E-state index contributed by atoms with van der Waals surface area (Å²) in [7, 11) is 0. The summed E-state index contributed by atoms with van der Waals surface area (Å²) < 4.78 is 5.51. The van der Waals surface area contributed by atoms with Crippen molar-refractivity contribution in [3.8, 4) is 5.75 Å². The monoisotopic (exact) mass is 219 g/mol. The second-order valence-corrected chi connectivity index (χ2v) is 3.44. The van der Waals surface area contributed by atoms with Crippen LogP contribution in [0.5, 0.6) is 5.75 Å². The van der Waals surface area contributed by atoms with Crippen LogP contribution in [0.3, 0.4) is 0 Å². The quantitative estimate of drug-likeness (QED) is 0.791. The molecule has 84 valence electrons. The predicted molar refractivity (Wildman–Crippen MR) is 60.0 cm³/mol. The summed E-state index contributed by atoms with van der Waals surface area (Å²) in [6.07, 6.45) is 0.842. The summed E-state index contributed by atoms with van der Waals surface area (Å²) in [5.41, 5.74) is 0.336. The molecule has 1 rings (SSSR count). The van der Waals surface area contributed by atoms with E-state index in [9.17, 15) is 4.79 Å². The van der Waals surface area contributed by atoms with Gasteiger partial charge in [0, 0.05) is 5.56 Å². The van der Waals surface area contributed by atoms with Crippen molar-refractivity contribution in [2.75, 3.05) is 0 Å². The highest BCUT2D eigenvalue weighted by Gasteiger charge is 2.11. The van der Waals surface area contributed by atoms with E-state index in [1.165, 1.54) is 18.2 Å². The second-order valence-electron chi connectivity index (χ2n) is 3.44. The zero-order valence-electron chi connectivity index (χ0n) is 9.23. The molecule has 0 aliphatic rings. The molecule has 0 heterocycles. The third kappa shape index (κ3) is 2.74. The molecule has 4 heteroatoms. The van der Waals surface area contributed by atoms with Crippen LogP contribution in [0.2, 0.25) is 0 Å². The summed E-state index contributed by atoms with van der Waals surface area (Å²) in [4.78, 5) is 14.0. The Balaban J connectivity index is 3.03. The first-order valence-corrected chi connectivity index (χ1v) is 5.00. The van der Waals surface area contributed by atoms with E-state index in [1.807, 2.05) is 13.8 Å². The maximum atomic E-state index is 10.7. The minimum atomic E-state index is -1.04. The highest BCUT2D eigenvalue weighted by Crippen LogP contribution is 2.29. The fourth-order valence-electron chi connectivity index (χ4n) is 1.14. The van der Waals surface area contributed by atoms with E-state index in [2.05, 4.69) is 4.85 Å². The lowest BCUT2D eigenvalue weighted by molar-refractivity contribution is 0.0697. The summed E-state index contributed by atoms with van der Waals surface area (Å²) in [5.74, 6) is -0.602. The van der Waals surface area contributed by atoms with Gasteiger partial charge in [-0.15, -0.1) is 0 Å². The molecule has 1 N–H and O–H groups in total. The van der Waals surface area contributed by atoms with Crippen LogP contribution in [0.15, 0.2) is 18.2 Å². The lowest BCUT2D eigenvalue weighted by Gasteiger charge is -2.14. The Labute approximate surface area is 94.3 Å². The van der Waals surface area contributed by atoms with Gasteiger partial charge in [0.05, 0.1) is 12.7 Å². The number of aromatic carboxylic acids is 1. The molecular formula is C12H13NO3. The van der Waals surface area contributed by atoms with Crippen LogP contribution in [0, 0.1) is 6.57 Å². The fourth-order valence-corrected chi connectivity index (χ4v) is 1.14. The van der Waals surface area contributed by atoms with Crippen molar-refractivity contribution in [3.63, 3.8) is 0 Å². The van der Waals surface area contributed by atoms with Crippen LogP contribution in [0.1, 0.15) is 30.6 Å². The summed E-state index contributed by atoms with van der Waals surface area (Å²) in [5, 5.41) is 8.78. The zero-order valence-corrected chi connectivity index (χ0v) is 9.23. The van der Waals surface area contributed by atoms with Crippen LogP contribution in [-0.4, -0.2) is 17.2 Å². The number of ether oxygens (including phenoxy) is 1. The number of carbonyl (C=O) groups is 1. The minimum Gasteiger partial charge on any atom is -0.502 e. The van der Waals surface area contributed by atoms with E-state index in [0.29, 0.717) is 5.75 Å². The molecule has 0 radical (unpaired) electrons. The molecule has 0 spiro atoms. The van der Waals surface area contributed by atoms with Crippen molar-refractivity contribution in [1.82, 2.24) is 0 Å². The molecule has 0 saturated heterocycles. The van der Waals surface area contributed by atoms with E-state index < -0.39 is 5.97 Å². The molecule has 0 amide bonds. The number of hydrogen-bond acceptors (Lipinski definition) is 2. The van der Waals surface area contributed by atoms with Gasteiger partial charge in [-0.25, -0.2) is 9.64 Å². The van der Waals surface area contributed by atoms with E-state index in [-0.39, 0.29) is 17.4 Å². The topological polar surface area (TPSA) is 50.9 Å². The average molecular weight is 219 g/mol. The summed E-state index contributed by atoms with van der Waals surface area (Å²) in [6, 6.07) is 4.30.